The van der Waals surface area contributed by atoms with Crippen LogP contribution in [0.1, 0.15) is 0 Å². The first kappa shape index (κ1) is 15.7. The quantitative estimate of drug-likeness (QED) is 0.719. The Morgan fingerprint density at radius 2 is 1.89 bits per heavy atom. The molecule has 0 saturated carbocycles. The molecule has 0 aliphatic carbocycles. The fourth-order valence-corrected chi connectivity index (χ4v) is 1.74. The summed E-state index contributed by atoms with van der Waals surface area (Å²) < 4.78 is 27.1. The minimum Gasteiger partial charge on any atom is -0.492 e. The number of hydrogen-bond donors (Lipinski definition) is 2. The lowest BCUT2D eigenvalue weighted by Gasteiger charge is -2.11. The Morgan fingerprint density at radius 1 is 1.26 bits per heavy atom. The van der Waals surface area contributed by atoms with E-state index >= 15 is 0 Å². The van der Waals surface area contributed by atoms with Crippen molar-refractivity contribution in [2.45, 2.75) is 0 Å². The first-order valence-corrected chi connectivity index (χ1v) is 7.70. The predicted molar refractivity (Wildman–Crippen MR) is 77.0 cm³/mol. The summed E-state index contributed by atoms with van der Waals surface area (Å²) in [6.07, 6.45) is 0. The second-order valence-corrected chi connectivity index (χ2v) is 6.20. The van der Waals surface area contributed by atoms with E-state index < -0.39 is 10.0 Å². The molecule has 0 aromatic heterocycles. The number of rotatable bonds is 8. The second-order valence-electron chi connectivity index (χ2n) is 4.47. The first-order valence-electron chi connectivity index (χ1n) is 5.99. The lowest BCUT2D eigenvalue weighted by atomic mass is 10.3. The SMILES string of the molecule is CN(C)CCOc1ccc(NCCS(N)(=O)=O)cc1. The summed E-state index contributed by atoms with van der Waals surface area (Å²) >= 11 is 0. The fraction of sp³-hybridized carbons (Fsp3) is 0.500. The molecule has 108 valence electrons. The number of benzene rings is 1. The largest absolute Gasteiger partial charge is 0.492 e. The molecule has 1 rings (SSSR count). The Labute approximate surface area is 114 Å². The van der Waals surface area contributed by atoms with E-state index in [4.69, 9.17) is 9.88 Å². The molecule has 1 aromatic rings. The molecule has 1 aromatic carbocycles. The number of sulfonamides is 1. The van der Waals surface area contributed by atoms with Gasteiger partial charge < -0.3 is 15.0 Å². The van der Waals surface area contributed by atoms with Crippen molar-refractivity contribution in [1.82, 2.24) is 4.90 Å². The molecule has 3 N–H and O–H groups in total. The van der Waals surface area contributed by atoms with Crippen molar-refractivity contribution in [3.05, 3.63) is 24.3 Å². The highest BCUT2D eigenvalue weighted by Gasteiger charge is 2.01. The molecule has 0 saturated heterocycles. The van der Waals surface area contributed by atoms with E-state index in [0.29, 0.717) is 13.2 Å². The maximum absolute atomic E-state index is 10.8. The van der Waals surface area contributed by atoms with Gasteiger partial charge >= 0.3 is 0 Å². The number of nitrogens with two attached hydrogens (primary N) is 1. The Balaban J connectivity index is 2.35. The average molecular weight is 287 g/mol. The third-order valence-corrected chi connectivity index (χ3v) is 3.15. The van der Waals surface area contributed by atoms with Gasteiger partial charge in [0.15, 0.2) is 0 Å². The van der Waals surface area contributed by atoms with E-state index in [2.05, 4.69) is 5.32 Å². The molecule has 0 amide bonds. The van der Waals surface area contributed by atoms with E-state index in [1.54, 1.807) is 0 Å². The van der Waals surface area contributed by atoms with Crippen LogP contribution in [0.4, 0.5) is 5.69 Å². The third kappa shape index (κ3) is 7.66. The number of ether oxygens (including phenoxy) is 1. The lowest BCUT2D eigenvalue weighted by Crippen LogP contribution is -2.22. The van der Waals surface area contributed by atoms with E-state index in [0.717, 1.165) is 18.0 Å². The van der Waals surface area contributed by atoms with Crippen LogP contribution in [0.5, 0.6) is 5.75 Å². The first-order chi connectivity index (χ1) is 8.87. The van der Waals surface area contributed by atoms with Crippen LogP contribution < -0.4 is 15.2 Å². The van der Waals surface area contributed by atoms with Crippen molar-refractivity contribution in [3.8, 4) is 5.75 Å². The predicted octanol–water partition coefficient (Wildman–Crippen LogP) is 0.327. The Bertz CT molecular complexity index is 471. The fourth-order valence-electron chi connectivity index (χ4n) is 1.35. The molecule has 0 bridgehead atoms. The van der Waals surface area contributed by atoms with Crippen LogP contribution in [-0.2, 0) is 10.0 Å². The smallest absolute Gasteiger partial charge is 0.210 e. The van der Waals surface area contributed by atoms with Crippen LogP contribution in [0.3, 0.4) is 0 Å². The van der Waals surface area contributed by atoms with Crippen molar-refractivity contribution in [2.75, 3.05) is 44.9 Å². The highest BCUT2D eigenvalue weighted by Crippen LogP contribution is 2.15. The minimum atomic E-state index is -3.41. The standard InChI is InChI=1S/C12H21N3O3S/c1-15(2)8-9-18-12-5-3-11(4-6-12)14-7-10-19(13,16)17/h3-6,14H,7-10H2,1-2H3,(H2,13,16,17). The number of nitrogens with one attached hydrogen (secondary N) is 1. The van der Waals surface area contributed by atoms with Crippen molar-refractivity contribution in [1.29, 1.82) is 0 Å². The van der Waals surface area contributed by atoms with Gasteiger partial charge in [-0.2, -0.15) is 0 Å². The van der Waals surface area contributed by atoms with Gasteiger partial charge in [-0.3, -0.25) is 0 Å². The Kier molecular flexibility index (Phi) is 6.07. The highest BCUT2D eigenvalue weighted by atomic mass is 32.2. The van der Waals surface area contributed by atoms with Gasteiger partial charge in [0.1, 0.15) is 12.4 Å². The monoisotopic (exact) mass is 287 g/mol. The van der Waals surface area contributed by atoms with Crippen LogP contribution >= 0.6 is 0 Å². The number of anilines is 1. The van der Waals surface area contributed by atoms with Crippen LogP contribution in [0.15, 0.2) is 24.3 Å². The molecule has 0 radical (unpaired) electrons. The van der Waals surface area contributed by atoms with Crippen LogP contribution in [0.2, 0.25) is 0 Å². The molecule has 0 atom stereocenters. The summed E-state index contributed by atoms with van der Waals surface area (Å²) in [6.45, 7) is 1.78. The Morgan fingerprint density at radius 3 is 2.42 bits per heavy atom. The topological polar surface area (TPSA) is 84.7 Å². The molecule has 0 aliphatic rings. The zero-order chi connectivity index (χ0) is 14.3. The molecule has 6 nitrogen and oxygen atoms in total. The molecule has 0 fully saturated rings. The summed E-state index contributed by atoms with van der Waals surface area (Å²) in [5, 5.41) is 7.89. The number of hydrogen-bond acceptors (Lipinski definition) is 5. The number of primary sulfonamides is 1. The van der Waals surface area contributed by atoms with Gasteiger partial charge in [0, 0.05) is 18.8 Å². The maximum atomic E-state index is 10.8. The van der Waals surface area contributed by atoms with Gasteiger partial charge in [-0.25, -0.2) is 13.6 Å². The lowest BCUT2D eigenvalue weighted by molar-refractivity contribution is 0.261. The molecule has 7 heteroatoms. The minimum absolute atomic E-state index is 0.0892. The van der Waals surface area contributed by atoms with Crippen molar-refractivity contribution in [2.24, 2.45) is 5.14 Å². The van der Waals surface area contributed by atoms with Gasteiger partial charge in [-0.15, -0.1) is 0 Å². The third-order valence-electron chi connectivity index (χ3n) is 2.38. The van der Waals surface area contributed by atoms with E-state index in [1.165, 1.54) is 0 Å². The molecular formula is C12H21N3O3S. The van der Waals surface area contributed by atoms with Crippen LogP contribution in [-0.4, -0.2) is 52.9 Å². The molecule has 0 spiro atoms. The number of nitrogens with zero attached hydrogens (tertiary/aromatic N) is 1. The van der Waals surface area contributed by atoms with Gasteiger partial charge in [0.25, 0.3) is 0 Å². The van der Waals surface area contributed by atoms with E-state index in [1.807, 2.05) is 43.3 Å². The molecule has 0 heterocycles. The molecule has 0 aliphatic heterocycles. The molecule has 19 heavy (non-hydrogen) atoms. The van der Waals surface area contributed by atoms with E-state index in [9.17, 15) is 8.42 Å². The maximum Gasteiger partial charge on any atom is 0.210 e. The molecule has 0 unspecified atom stereocenters. The van der Waals surface area contributed by atoms with E-state index in [-0.39, 0.29) is 5.75 Å². The summed E-state index contributed by atoms with van der Waals surface area (Å²) in [5.74, 6) is 0.701. The highest BCUT2D eigenvalue weighted by molar-refractivity contribution is 7.89. The molecular weight excluding hydrogens is 266 g/mol. The second kappa shape index (κ2) is 7.32. The number of likely N-dealkylation sites (N-methyl/N-ethyl adjacent to an activating group) is 1. The van der Waals surface area contributed by atoms with Crippen LogP contribution in [0, 0.1) is 0 Å². The van der Waals surface area contributed by atoms with Gasteiger partial charge in [-0.05, 0) is 38.4 Å². The van der Waals surface area contributed by atoms with Gasteiger partial charge in [-0.1, -0.05) is 0 Å². The van der Waals surface area contributed by atoms with Crippen molar-refractivity contribution < 1.29 is 13.2 Å². The van der Waals surface area contributed by atoms with Gasteiger partial charge in [0.2, 0.25) is 10.0 Å². The Hall–Kier alpha value is -1.31. The van der Waals surface area contributed by atoms with Gasteiger partial charge in [0.05, 0.1) is 5.75 Å². The zero-order valence-corrected chi connectivity index (χ0v) is 12.1. The summed E-state index contributed by atoms with van der Waals surface area (Å²) in [5.41, 5.74) is 0.837. The van der Waals surface area contributed by atoms with Crippen LogP contribution in [0.25, 0.3) is 0 Å². The summed E-state index contributed by atoms with van der Waals surface area (Å²) in [6, 6.07) is 7.37. The van der Waals surface area contributed by atoms with Crippen molar-refractivity contribution >= 4 is 15.7 Å². The summed E-state index contributed by atoms with van der Waals surface area (Å²) in [7, 11) is 0.561. The summed E-state index contributed by atoms with van der Waals surface area (Å²) in [4.78, 5) is 2.04. The van der Waals surface area contributed by atoms with Crippen molar-refractivity contribution in [3.63, 3.8) is 0 Å². The normalized spacial score (nSPS) is 11.6. The average Bonchev–Trinajstić information content (AvgIpc) is 2.29. The zero-order valence-electron chi connectivity index (χ0n) is 11.3.